The lowest BCUT2D eigenvalue weighted by atomic mass is 10.0. The van der Waals surface area contributed by atoms with E-state index in [0.717, 1.165) is 22.1 Å². The summed E-state index contributed by atoms with van der Waals surface area (Å²) in [6.07, 6.45) is 3.44. The van der Waals surface area contributed by atoms with Crippen molar-refractivity contribution in [3.63, 3.8) is 0 Å². The average molecular weight is 374 g/mol. The minimum atomic E-state index is -0.286. The van der Waals surface area contributed by atoms with Crippen molar-refractivity contribution in [3.8, 4) is 28.3 Å². The second-order valence-corrected chi connectivity index (χ2v) is 6.25. The second kappa shape index (κ2) is 7.60. The first-order chi connectivity index (χ1) is 13.7. The second-order valence-electron chi connectivity index (χ2n) is 6.25. The van der Waals surface area contributed by atoms with Crippen LogP contribution in [0.25, 0.3) is 33.4 Å². The van der Waals surface area contributed by atoms with Gasteiger partial charge in [-0.3, -0.25) is 4.98 Å². The van der Waals surface area contributed by atoms with E-state index in [0.29, 0.717) is 29.5 Å². The number of anilines is 1. The fourth-order valence-electron chi connectivity index (χ4n) is 3.12. The van der Waals surface area contributed by atoms with E-state index < -0.39 is 0 Å². The molecule has 5 nitrogen and oxygen atoms in total. The Balaban J connectivity index is 1.98. The molecule has 0 saturated heterocycles. The number of rotatable bonds is 5. The van der Waals surface area contributed by atoms with Crippen molar-refractivity contribution in [2.75, 3.05) is 19.0 Å². The van der Waals surface area contributed by atoms with Gasteiger partial charge in [-0.25, -0.2) is 14.4 Å². The van der Waals surface area contributed by atoms with E-state index in [-0.39, 0.29) is 5.82 Å². The SMILES string of the molecule is CCNc1nc(-c2cccnc2)nc2c(OC)cc(-c3cccc(F)c3)cc12. The lowest BCUT2D eigenvalue weighted by Gasteiger charge is -2.14. The van der Waals surface area contributed by atoms with Crippen LogP contribution in [-0.2, 0) is 0 Å². The Kier molecular flexibility index (Phi) is 4.85. The lowest BCUT2D eigenvalue weighted by molar-refractivity contribution is 0.419. The molecule has 6 heteroatoms. The van der Waals surface area contributed by atoms with Crippen LogP contribution < -0.4 is 10.1 Å². The Hall–Kier alpha value is -3.54. The van der Waals surface area contributed by atoms with Crippen LogP contribution in [0.5, 0.6) is 5.75 Å². The minimum absolute atomic E-state index is 0.286. The summed E-state index contributed by atoms with van der Waals surface area (Å²) in [6, 6.07) is 14.1. The van der Waals surface area contributed by atoms with E-state index in [2.05, 4.69) is 10.3 Å². The van der Waals surface area contributed by atoms with Gasteiger partial charge < -0.3 is 10.1 Å². The van der Waals surface area contributed by atoms with Crippen LogP contribution in [0.1, 0.15) is 6.92 Å². The molecule has 0 saturated carbocycles. The van der Waals surface area contributed by atoms with Crippen molar-refractivity contribution in [1.82, 2.24) is 15.0 Å². The molecule has 0 aliphatic heterocycles. The molecule has 0 radical (unpaired) electrons. The molecule has 0 bridgehead atoms. The van der Waals surface area contributed by atoms with Crippen LogP contribution in [0.15, 0.2) is 60.9 Å². The van der Waals surface area contributed by atoms with Crippen LogP contribution in [0.2, 0.25) is 0 Å². The normalized spacial score (nSPS) is 10.8. The first kappa shape index (κ1) is 17.9. The highest BCUT2D eigenvalue weighted by molar-refractivity contribution is 5.97. The van der Waals surface area contributed by atoms with E-state index in [4.69, 9.17) is 14.7 Å². The van der Waals surface area contributed by atoms with E-state index in [1.165, 1.54) is 12.1 Å². The number of hydrogen-bond acceptors (Lipinski definition) is 5. The van der Waals surface area contributed by atoms with Gasteiger partial charge in [0.05, 0.1) is 7.11 Å². The maximum absolute atomic E-state index is 13.7. The minimum Gasteiger partial charge on any atom is -0.494 e. The molecule has 2 aromatic carbocycles. The summed E-state index contributed by atoms with van der Waals surface area (Å²) in [5.41, 5.74) is 3.10. The van der Waals surface area contributed by atoms with Crippen molar-refractivity contribution in [2.45, 2.75) is 6.92 Å². The Morgan fingerprint density at radius 3 is 2.57 bits per heavy atom. The standard InChI is InChI=1S/C22H19FN4O/c1-3-25-22-18-11-16(14-6-4-8-17(23)10-14)12-19(28-2)20(18)26-21(27-22)15-7-5-9-24-13-15/h4-13H,3H2,1-2H3,(H,25,26,27). The predicted molar refractivity (Wildman–Crippen MR) is 109 cm³/mol. The molecule has 0 atom stereocenters. The maximum atomic E-state index is 13.7. The number of nitrogens with zero attached hydrogens (tertiary/aromatic N) is 3. The van der Waals surface area contributed by atoms with Crippen molar-refractivity contribution >= 4 is 16.7 Å². The molecular weight excluding hydrogens is 355 g/mol. The topological polar surface area (TPSA) is 59.9 Å². The molecule has 0 aliphatic carbocycles. The Morgan fingerprint density at radius 1 is 1.00 bits per heavy atom. The summed E-state index contributed by atoms with van der Waals surface area (Å²) in [4.78, 5) is 13.6. The monoisotopic (exact) mass is 374 g/mol. The van der Waals surface area contributed by atoms with Gasteiger partial charge in [0.1, 0.15) is 22.9 Å². The summed E-state index contributed by atoms with van der Waals surface area (Å²) < 4.78 is 19.3. The summed E-state index contributed by atoms with van der Waals surface area (Å²) >= 11 is 0. The van der Waals surface area contributed by atoms with Crippen molar-refractivity contribution < 1.29 is 9.13 Å². The molecule has 2 heterocycles. The summed E-state index contributed by atoms with van der Waals surface area (Å²) in [7, 11) is 1.60. The zero-order chi connectivity index (χ0) is 19.5. The number of aromatic nitrogens is 3. The average Bonchev–Trinajstić information content (AvgIpc) is 2.73. The van der Waals surface area contributed by atoms with Gasteiger partial charge in [0.25, 0.3) is 0 Å². The van der Waals surface area contributed by atoms with E-state index >= 15 is 0 Å². The molecule has 140 valence electrons. The number of halogens is 1. The molecule has 0 spiro atoms. The Bertz CT molecular complexity index is 1130. The summed E-state index contributed by atoms with van der Waals surface area (Å²) in [5, 5.41) is 4.11. The number of pyridine rings is 1. The van der Waals surface area contributed by atoms with Gasteiger partial charge in [-0.15, -0.1) is 0 Å². The van der Waals surface area contributed by atoms with Gasteiger partial charge in [0.15, 0.2) is 5.82 Å². The highest BCUT2D eigenvalue weighted by atomic mass is 19.1. The van der Waals surface area contributed by atoms with Gasteiger partial charge in [0.2, 0.25) is 0 Å². The van der Waals surface area contributed by atoms with E-state index in [1.54, 1.807) is 25.6 Å². The largest absolute Gasteiger partial charge is 0.494 e. The third-order valence-electron chi connectivity index (χ3n) is 4.41. The molecule has 0 aliphatic rings. The Labute approximate surface area is 162 Å². The molecule has 2 aromatic heterocycles. The molecule has 1 N–H and O–H groups in total. The van der Waals surface area contributed by atoms with Crippen LogP contribution in [0.3, 0.4) is 0 Å². The van der Waals surface area contributed by atoms with E-state index in [9.17, 15) is 4.39 Å². The fraction of sp³-hybridized carbons (Fsp3) is 0.136. The lowest BCUT2D eigenvalue weighted by Crippen LogP contribution is -2.04. The number of methoxy groups -OCH3 is 1. The first-order valence-electron chi connectivity index (χ1n) is 8.99. The van der Waals surface area contributed by atoms with Gasteiger partial charge in [0, 0.05) is 29.9 Å². The highest BCUT2D eigenvalue weighted by Crippen LogP contribution is 2.35. The molecule has 28 heavy (non-hydrogen) atoms. The van der Waals surface area contributed by atoms with Crippen molar-refractivity contribution in [3.05, 3.63) is 66.7 Å². The van der Waals surface area contributed by atoms with Crippen LogP contribution >= 0.6 is 0 Å². The molecule has 0 fully saturated rings. The van der Waals surface area contributed by atoms with Gasteiger partial charge in [-0.05, 0) is 54.4 Å². The number of ether oxygens (including phenoxy) is 1. The molecule has 4 aromatic rings. The van der Waals surface area contributed by atoms with Gasteiger partial charge in [-0.2, -0.15) is 0 Å². The third kappa shape index (κ3) is 3.36. The zero-order valence-corrected chi connectivity index (χ0v) is 15.6. The number of nitrogens with one attached hydrogen (secondary N) is 1. The maximum Gasteiger partial charge on any atom is 0.163 e. The van der Waals surface area contributed by atoms with Gasteiger partial charge >= 0.3 is 0 Å². The van der Waals surface area contributed by atoms with Crippen molar-refractivity contribution in [2.24, 2.45) is 0 Å². The fourth-order valence-corrected chi connectivity index (χ4v) is 3.12. The number of benzene rings is 2. The Morgan fingerprint density at radius 2 is 1.86 bits per heavy atom. The van der Waals surface area contributed by atoms with Crippen molar-refractivity contribution in [1.29, 1.82) is 0 Å². The summed E-state index contributed by atoms with van der Waals surface area (Å²) in [6.45, 7) is 2.70. The molecule has 0 amide bonds. The highest BCUT2D eigenvalue weighted by Gasteiger charge is 2.15. The molecule has 4 rings (SSSR count). The zero-order valence-electron chi connectivity index (χ0n) is 15.6. The van der Waals surface area contributed by atoms with Crippen LogP contribution in [0, 0.1) is 5.82 Å². The third-order valence-corrected chi connectivity index (χ3v) is 4.41. The molecule has 0 unspecified atom stereocenters. The summed E-state index contributed by atoms with van der Waals surface area (Å²) in [5.74, 6) is 1.58. The first-order valence-corrected chi connectivity index (χ1v) is 8.99. The quantitative estimate of drug-likeness (QED) is 0.536. The smallest absolute Gasteiger partial charge is 0.163 e. The number of hydrogen-bond donors (Lipinski definition) is 1. The van der Waals surface area contributed by atoms with Crippen LogP contribution in [-0.4, -0.2) is 28.6 Å². The predicted octanol–water partition coefficient (Wildman–Crippen LogP) is 4.94. The molecular formula is C22H19FN4O. The van der Waals surface area contributed by atoms with Crippen LogP contribution in [0.4, 0.5) is 10.2 Å². The van der Waals surface area contributed by atoms with Gasteiger partial charge in [-0.1, -0.05) is 12.1 Å². The van der Waals surface area contributed by atoms with E-state index in [1.807, 2.05) is 37.3 Å². The number of fused-ring (bicyclic) bond motifs is 1.